The Hall–Kier alpha value is -3.43. The Bertz CT molecular complexity index is 1090. The Labute approximate surface area is 164 Å². The van der Waals surface area contributed by atoms with E-state index in [1.165, 1.54) is 23.4 Å². The molecule has 1 saturated heterocycles. The Morgan fingerprint density at radius 3 is 2.83 bits per heavy atom. The number of nitriles is 1. The van der Waals surface area contributed by atoms with Gasteiger partial charge >= 0.3 is 0 Å². The smallest absolute Gasteiger partial charge is 0.177 e. The van der Waals surface area contributed by atoms with Crippen LogP contribution in [0.25, 0.3) is 11.2 Å². The van der Waals surface area contributed by atoms with E-state index in [2.05, 4.69) is 31.5 Å². The topological polar surface area (TPSA) is 162 Å². The molecule has 11 heteroatoms. The van der Waals surface area contributed by atoms with Gasteiger partial charge in [-0.25, -0.2) is 15.0 Å². The SMILES string of the molecule is N#Cc1ccccc1C=NNc1ncnc2c1ncn2C1O[C@H](CO)[C@@H](O)[C@@H]1O. The summed E-state index contributed by atoms with van der Waals surface area (Å²) in [5, 5.41) is 42.7. The summed E-state index contributed by atoms with van der Waals surface area (Å²) >= 11 is 0. The molecule has 1 aromatic carbocycles. The fourth-order valence-corrected chi connectivity index (χ4v) is 3.10. The number of hydrazone groups is 1. The predicted molar refractivity (Wildman–Crippen MR) is 101 cm³/mol. The third kappa shape index (κ3) is 3.41. The number of fused-ring (bicyclic) bond motifs is 1. The number of aliphatic hydroxyl groups is 3. The fourth-order valence-electron chi connectivity index (χ4n) is 3.10. The second-order valence-electron chi connectivity index (χ2n) is 6.34. The molecule has 1 fully saturated rings. The van der Waals surface area contributed by atoms with Gasteiger partial charge in [0.1, 0.15) is 24.6 Å². The minimum Gasteiger partial charge on any atom is -0.394 e. The lowest BCUT2D eigenvalue weighted by Crippen LogP contribution is -2.33. The van der Waals surface area contributed by atoms with E-state index in [1.54, 1.807) is 24.3 Å². The van der Waals surface area contributed by atoms with Crippen LogP contribution in [-0.2, 0) is 4.74 Å². The highest BCUT2D eigenvalue weighted by molar-refractivity contribution is 5.86. The molecule has 1 aliphatic rings. The first-order valence-electron chi connectivity index (χ1n) is 8.72. The molecular formula is C18H17N7O4. The number of aromatic nitrogens is 4. The molecule has 0 spiro atoms. The molecule has 29 heavy (non-hydrogen) atoms. The molecule has 3 heterocycles. The highest BCUT2D eigenvalue weighted by Crippen LogP contribution is 2.32. The fraction of sp³-hybridized carbons (Fsp3) is 0.278. The number of hydrogen-bond donors (Lipinski definition) is 4. The number of nitrogens with zero attached hydrogens (tertiary/aromatic N) is 6. The molecule has 4 N–H and O–H groups in total. The second kappa shape index (κ2) is 7.90. The number of anilines is 1. The first kappa shape index (κ1) is 18.9. The first-order chi connectivity index (χ1) is 14.1. The van der Waals surface area contributed by atoms with E-state index < -0.39 is 31.1 Å². The molecule has 2 aromatic heterocycles. The maximum absolute atomic E-state index is 10.2. The van der Waals surface area contributed by atoms with Crippen LogP contribution in [0.1, 0.15) is 17.4 Å². The van der Waals surface area contributed by atoms with Crippen molar-refractivity contribution in [3.63, 3.8) is 0 Å². The van der Waals surface area contributed by atoms with E-state index in [-0.39, 0.29) is 0 Å². The molecule has 148 valence electrons. The lowest BCUT2D eigenvalue weighted by Gasteiger charge is -2.16. The zero-order chi connectivity index (χ0) is 20.4. The van der Waals surface area contributed by atoms with Crippen LogP contribution in [0.15, 0.2) is 42.0 Å². The van der Waals surface area contributed by atoms with Crippen molar-refractivity contribution in [1.82, 2.24) is 19.5 Å². The summed E-state index contributed by atoms with van der Waals surface area (Å²) < 4.78 is 6.98. The van der Waals surface area contributed by atoms with Gasteiger partial charge < -0.3 is 20.1 Å². The molecular weight excluding hydrogens is 378 g/mol. The number of aliphatic hydroxyl groups excluding tert-OH is 3. The Balaban J connectivity index is 1.60. The quantitative estimate of drug-likeness (QED) is 0.337. The van der Waals surface area contributed by atoms with E-state index in [0.29, 0.717) is 28.1 Å². The second-order valence-corrected chi connectivity index (χ2v) is 6.34. The molecule has 4 rings (SSSR count). The van der Waals surface area contributed by atoms with Crippen LogP contribution in [0.5, 0.6) is 0 Å². The third-order valence-corrected chi connectivity index (χ3v) is 4.61. The number of imidazole rings is 1. The molecule has 1 aliphatic heterocycles. The van der Waals surface area contributed by atoms with Crippen molar-refractivity contribution in [3.8, 4) is 6.07 Å². The lowest BCUT2D eigenvalue weighted by molar-refractivity contribution is -0.0511. The van der Waals surface area contributed by atoms with E-state index in [0.717, 1.165) is 0 Å². The number of ether oxygens (including phenoxy) is 1. The van der Waals surface area contributed by atoms with Crippen molar-refractivity contribution in [3.05, 3.63) is 48.0 Å². The maximum atomic E-state index is 10.2. The molecule has 11 nitrogen and oxygen atoms in total. The van der Waals surface area contributed by atoms with Crippen LogP contribution >= 0.6 is 0 Å². The molecule has 0 amide bonds. The summed E-state index contributed by atoms with van der Waals surface area (Å²) in [6, 6.07) is 9.10. The van der Waals surface area contributed by atoms with E-state index in [4.69, 9.17) is 10.00 Å². The molecule has 0 saturated carbocycles. The number of nitrogens with one attached hydrogen (secondary N) is 1. The van der Waals surface area contributed by atoms with Crippen LogP contribution in [0.2, 0.25) is 0 Å². The molecule has 0 aliphatic carbocycles. The minimum atomic E-state index is -1.25. The monoisotopic (exact) mass is 395 g/mol. The highest BCUT2D eigenvalue weighted by Gasteiger charge is 2.44. The average molecular weight is 395 g/mol. The van der Waals surface area contributed by atoms with Crippen LogP contribution in [-0.4, -0.2) is 66.0 Å². The Morgan fingerprint density at radius 2 is 2.07 bits per heavy atom. The van der Waals surface area contributed by atoms with E-state index >= 15 is 0 Å². The highest BCUT2D eigenvalue weighted by atomic mass is 16.6. The van der Waals surface area contributed by atoms with Gasteiger partial charge in [-0.05, 0) is 6.07 Å². The zero-order valence-electron chi connectivity index (χ0n) is 15.0. The molecule has 4 atom stereocenters. The van der Waals surface area contributed by atoms with Crippen molar-refractivity contribution < 1.29 is 20.1 Å². The Kier molecular flexibility index (Phi) is 5.15. The van der Waals surface area contributed by atoms with Crippen molar-refractivity contribution in [2.45, 2.75) is 24.5 Å². The third-order valence-electron chi connectivity index (χ3n) is 4.61. The summed E-state index contributed by atoms with van der Waals surface area (Å²) in [6.45, 7) is -0.429. The van der Waals surface area contributed by atoms with Gasteiger partial charge in [0, 0.05) is 5.56 Å². The van der Waals surface area contributed by atoms with E-state index in [1.807, 2.05) is 0 Å². The normalized spacial score (nSPS) is 24.2. The van der Waals surface area contributed by atoms with Gasteiger partial charge in [0.25, 0.3) is 0 Å². The van der Waals surface area contributed by atoms with Gasteiger partial charge in [0.05, 0.1) is 30.8 Å². The van der Waals surface area contributed by atoms with Gasteiger partial charge in [-0.15, -0.1) is 0 Å². The van der Waals surface area contributed by atoms with Crippen molar-refractivity contribution >= 4 is 23.2 Å². The molecule has 0 radical (unpaired) electrons. The first-order valence-corrected chi connectivity index (χ1v) is 8.72. The number of benzene rings is 1. The van der Waals surface area contributed by atoms with Gasteiger partial charge in [-0.2, -0.15) is 10.4 Å². The van der Waals surface area contributed by atoms with Crippen molar-refractivity contribution in [1.29, 1.82) is 5.26 Å². The summed E-state index contributed by atoms with van der Waals surface area (Å²) in [5.41, 5.74) is 4.62. The van der Waals surface area contributed by atoms with Gasteiger partial charge in [0.15, 0.2) is 23.2 Å². The van der Waals surface area contributed by atoms with Gasteiger partial charge in [-0.1, -0.05) is 18.2 Å². The van der Waals surface area contributed by atoms with E-state index in [9.17, 15) is 15.3 Å². The lowest BCUT2D eigenvalue weighted by atomic mass is 10.1. The molecule has 0 bridgehead atoms. The van der Waals surface area contributed by atoms with Crippen LogP contribution in [0.3, 0.4) is 0 Å². The predicted octanol–water partition coefficient (Wildman–Crippen LogP) is -0.245. The number of rotatable bonds is 5. The van der Waals surface area contributed by atoms with Gasteiger partial charge in [-0.3, -0.25) is 9.99 Å². The summed E-state index contributed by atoms with van der Waals surface area (Å²) in [4.78, 5) is 12.5. The van der Waals surface area contributed by atoms with Crippen LogP contribution in [0, 0.1) is 11.3 Å². The largest absolute Gasteiger partial charge is 0.394 e. The van der Waals surface area contributed by atoms with Gasteiger partial charge in [0.2, 0.25) is 0 Å². The molecule has 3 aromatic rings. The van der Waals surface area contributed by atoms with Crippen molar-refractivity contribution in [2.75, 3.05) is 12.0 Å². The summed E-state index contributed by atoms with van der Waals surface area (Å²) in [6.07, 6.45) is -0.154. The number of hydrogen-bond acceptors (Lipinski definition) is 10. The van der Waals surface area contributed by atoms with Crippen LogP contribution in [0.4, 0.5) is 5.82 Å². The molecule has 1 unspecified atom stereocenters. The van der Waals surface area contributed by atoms with Crippen molar-refractivity contribution in [2.24, 2.45) is 5.10 Å². The summed E-state index contributed by atoms with van der Waals surface area (Å²) in [7, 11) is 0. The standard InChI is InChI=1S/C18H17N7O4/c19-5-10-3-1-2-4-11(10)6-23-24-16-13-17(21-8-20-16)25(9-22-13)18-15(28)14(27)12(7-26)29-18/h1-4,6,8-9,12,14-15,18,26-28H,7H2,(H,20,21,24)/t12-,14-,15+,18?/m1/s1. The van der Waals surface area contributed by atoms with Crippen LogP contribution < -0.4 is 5.43 Å². The Morgan fingerprint density at radius 1 is 1.24 bits per heavy atom. The minimum absolute atomic E-state index is 0.311. The average Bonchev–Trinajstić information content (AvgIpc) is 3.30. The zero-order valence-corrected chi connectivity index (χ0v) is 15.0. The maximum Gasteiger partial charge on any atom is 0.177 e. The summed E-state index contributed by atoms with van der Waals surface area (Å²) in [5.74, 6) is 0.311.